The Bertz CT molecular complexity index is 966. The van der Waals surface area contributed by atoms with Gasteiger partial charge in [0, 0.05) is 46.0 Å². The van der Waals surface area contributed by atoms with Crippen LogP contribution in [0.15, 0.2) is 54.6 Å². The van der Waals surface area contributed by atoms with Crippen LogP contribution in [0, 0.1) is 5.92 Å². The smallest absolute Gasteiger partial charge is 0.235 e. The molecular formula is C29H42N4O3. The summed E-state index contributed by atoms with van der Waals surface area (Å²) in [5.74, 6) is -1.04. The molecule has 2 amide bonds. The molecule has 0 radical (unpaired) electrons. The van der Waals surface area contributed by atoms with Crippen LogP contribution in [-0.2, 0) is 22.6 Å². The quantitative estimate of drug-likeness (QED) is 0.278. The van der Waals surface area contributed by atoms with Gasteiger partial charge in [-0.2, -0.15) is 0 Å². The molecule has 2 aromatic rings. The van der Waals surface area contributed by atoms with Crippen LogP contribution in [0.1, 0.15) is 43.7 Å². The fourth-order valence-corrected chi connectivity index (χ4v) is 4.64. The predicted octanol–water partition coefficient (Wildman–Crippen LogP) is 2.97. The highest BCUT2D eigenvalue weighted by molar-refractivity contribution is 6.01. The second kappa shape index (κ2) is 14.0. The molecule has 0 bridgehead atoms. The number of amides is 2. The lowest BCUT2D eigenvalue weighted by Crippen LogP contribution is -2.51. The summed E-state index contributed by atoms with van der Waals surface area (Å²) in [4.78, 5) is 29.8. The first kappa shape index (κ1) is 27.7. The molecule has 3 atom stereocenters. The van der Waals surface area contributed by atoms with Crippen molar-refractivity contribution in [1.29, 1.82) is 0 Å². The van der Waals surface area contributed by atoms with Crippen LogP contribution in [0.3, 0.4) is 0 Å². The predicted molar refractivity (Wildman–Crippen MR) is 145 cm³/mol. The van der Waals surface area contributed by atoms with Crippen LogP contribution in [0.2, 0.25) is 0 Å². The molecule has 3 N–H and O–H groups in total. The molecule has 196 valence electrons. The van der Waals surface area contributed by atoms with Gasteiger partial charge in [0.2, 0.25) is 11.8 Å². The molecule has 2 aromatic carbocycles. The minimum atomic E-state index is -0.802. The molecule has 1 saturated heterocycles. The number of rotatable bonds is 14. The number of nitrogens with zero attached hydrogens (tertiary/aromatic N) is 2. The second-order valence-electron chi connectivity index (χ2n) is 9.94. The first-order chi connectivity index (χ1) is 17.4. The molecule has 1 aliphatic heterocycles. The Labute approximate surface area is 215 Å². The summed E-state index contributed by atoms with van der Waals surface area (Å²) >= 11 is 0. The summed E-state index contributed by atoms with van der Waals surface area (Å²) in [5, 5.41) is 17.4. The molecule has 0 unspecified atom stereocenters. The molecule has 0 saturated carbocycles. The molecule has 3 rings (SSSR count). The Morgan fingerprint density at radius 3 is 2.58 bits per heavy atom. The van der Waals surface area contributed by atoms with Crippen LogP contribution in [-0.4, -0.2) is 67.7 Å². The van der Waals surface area contributed by atoms with Gasteiger partial charge < -0.3 is 25.5 Å². The van der Waals surface area contributed by atoms with Crippen LogP contribution in [0.5, 0.6) is 0 Å². The summed E-state index contributed by atoms with van der Waals surface area (Å²) in [6, 6.07) is 17.6. The van der Waals surface area contributed by atoms with Crippen LogP contribution >= 0.6 is 0 Å². The van der Waals surface area contributed by atoms with E-state index in [1.54, 1.807) is 0 Å². The van der Waals surface area contributed by atoms with Crippen molar-refractivity contribution in [3.63, 3.8) is 0 Å². The van der Waals surface area contributed by atoms with Crippen molar-refractivity contribution in [1.82, 2.24) is 15.5 Å². The maximum absolute atomic E-state index is 13.1. The van der Waals surface area contributed by atoms with Crippen molar-refractivity contribution in [2.45, 2.75) is 57.7 Å². The van der Waals surface area contributed by atoms with Crippen molar-refractivity contribution >= 4 is 17.5 Å². The van der Waals surface area contributed by atoms with E-state index >= 15 is 0 Å². The molecule has 0 spiro atoms. The van der Waals surface area contributed by atoms with E-state index in [2.05, 4.69) is 34.6 Å². The monoisotopic (exact) mass is 494 g/mol. The zero-order chi connectivity index (χ0) is 25.9. The molecule has 0 aliphatic carbocycles. The lowest BCUT2D eigenvalue weighted by atomic mass is 9.99. The first-order valence-corrected chi connectivity index (χ1v) is 13.2. The zero-order valence-electron chi connectivity index (χ0n) is 22.0. The standard InChI is InChI=1S/C29H42N4O3/c1-4-5-9-16-33-17-15-25(29(33)36)28(35)31-26(19-22-11-7-6-8-12-22)27(34)21-30-20-23-13-10-14-24(18-23)32(2)3/h6-8,10-14,18,25-27,30,34H,4-5,9,15-17,19-21H2,1-3H3,(H,31,35)/t25-,26-,27+/m0/s1. The number of likely N-dealkylation sites (tertiary alicyclic amines) is 1. The largest absolute Gasteiger partial charge is 0.390 e. The number of nitrogens with one attached hydrogen (secondary N) is 2. The molecule has 0 aromatic heterocycles. The van der Waals surface area contributed by atoms with Gasteiger partial charge in [-0.1, -0.05) is 62.2 Å². The van der Waals surface area contributed by atoms with Gasteiger partial charge in [-0.05, 0) is 42.5 Å². The summed E-state index contributed by atoms with van der Waals surface area (Å²) < 4.78 is 0. The fourth-order valence-electron chi connectivity index (χ4n) is 4.64. The molecule has 7 nitrogen and oxygen atoms in total. The maximum Gasteiger partial charge on any atom is 0.235 e. The Morgan fingerprint density at radius 1 is 1.11 bits per heavy atom. The number of carbonyl (C=O) groups excluding carboxylic acids is 2. The van der Waals surface area contributed by atoms with Crippen molar-refractivity contribution in [2.24, 2.45) is 5.92 Å². The van der Waals surface area contributed by atoms with E-state index in [0.717, 1.165) is 36.1 Å². The van der Waals surface area contributed by atoms with E-state index < -0.39 is 18.1 Å². The van der Waals surface area contributed by atoms with Crippen molar-refractivity contribution in [3.05, 3.63) is 65.7 Å². The van der Waals surface area contributed by atoms with Gasteiger partial charge in [-0.3, -0.25) is 9.59 Å². The van der Waals surface area contributed by atoms with Gasteiger partial charge in [0.05, 0.1) is 12.1 Å². The SMILES string of the molecule is CCCCCN1CC[C@@H](C(=O)N[C@@H](Cc2ccccc2)[C@H](O)CNCc2cccc(N(C)C)c2)C1=O. The summed E-state index contributed by atoms with van der Waals surface area (Å²) in [6.07, 6.45) is 3.37. The third-order valence-corrected chi connectivity index (χ3v) is 6.85. The molecule has 36 heavy (non-hydrogen) atoms. The molecular weight excluding hydrogens is 452 g/mol. The van der Waals surface area contributed by atoms with Gasteiger partial charge in [0.1, 0.15) is 5.92 Å². The lowest BCUT2D eigenvalue weighted by molar-refractivity contribution is -0.138. The Hall–Kier alpha value is -2.90. The number of anilines is 1. The van der Waals surface area contributed by atoms with E-state index in [9.17, 15) is 14.7 Å². The molecule has 1 fully saturated rings. The molecule has 1 heterocycles. The summed E-state index contributed by atoms with van der Waals surface area (Å²) in [5.41, 5.74) is 3.27. The van der Waals surface area contributed by atoms with E-state index in [1.165, 1.54) is 0 Å². The fraction of sp³-hybridized carbons (Fsp3) is 0.517. The Kier molecular flexibility index (Phi) is 10.8. The Morgan fingerprint density at radius 2 is 1.86 bits per heavy atom. The third kappa shape index (κ3) is 8.07. The van der Waals surface area contributed by atoms with Crippen molar-refractivity contribution in [3.8, 4) is 0 Å². The van der Waals surface area contributed by atoms with Gasteiger partial charge in [-0.15, -0.1) is 0 Å². The van der Waals surface area contributed by atoms with Gasteiger partial charge in [-0.25, -0.2) is 0 Å². The minimum absolute atomic E-state index is 0.0875. The number of aliphatic hydroxyl groups excluding tert-OH is 1. The van der Waals surface area contributed by atoms with Crippen LogP contribution in [0.25, 0.3) is 0 Å². The van der Waals surface area contributed by atoms with Gasteiger partial charge in [0.25, 0.3) is 0 Å². The number of hydrogen-bond donors (Lipinski definition) is 3. The number of hydrogen-bond acceptors (Lipinski definition) is 5. The normalized spacial score (nSPS) is 17.2. The minimum Gasteiger partial charge on any atom is -0.390 e. The highest BCUT2D eigenvalue weighted by atomic mass is 16.3. The highest BCUT2D eigenvalue weighted by Crippen LogP contribution is 2.20. The summed E-state index contributed by atoms with van der Waals surface area (Å²) in [6.45, 7) is 4.41. The maximum atomic E-state index is 13.1. The van der Waals surface area contributed by atoms with Crippen LogP contribution < -0.4 is 15.5 Å². The van der Waals surface area contributed by atoms with Gasteiger partial charge >= 0.3 is 0 Å². The van der Waals surface area contributed by atoms with E-state index in [1.807, 2.05) is 61.5 Å². The van der Waals surface area contributed by atoms with E-state index in [-0.39, 0.29) is 11.8 Å². The topological polar surface area (TPSA) is 84.9 Å². The molecule has 7 heteroatoms. The van der Waals surface area contributed by atoms with Crippen LogP contribution in [0.4, 0.5) is 5.69 Å². The van der Waals surface area contributed by atoms with Crippen molar-refractivity contribution < 1.29 is 14.7 Å². The number of carbonyl (C=O) groups is 2. The average Bonchev–Trinajstić information content (AvgIpc) is 3.24. The van der Waals surface area contributed by atoms with Crippen molar-refractivity contribution in [2.75, 3.05) is 38.6 Å². The van der Waals surface area contributed by atoms with Gasteiger partial charge in [0.15, 0.2) is 0 Å². The number of unbranched alkanes of at least 4 members (excludes halogenated alkanes) is 2. The molecule has 1 aliphatic rings. The summed E-state index contributed by atoms with van der Waals surface area (Å²) in [7, 11) is 4.01. The number of benzene rings is 2. The highest BCUT2D eigenvalue weighted by Gasteiger charge is 2.37. The lowest BCUT2D eigenvalue weighted by Gasteiger charge is -2.26. The van der Waals surface area contributed by atoms with E-state index in [4.69, 9.17) is 0 Å². The second-order valence-corrected chi connectivity index (χ2v) is 9.94. The third-order valence-electron chi connectivity index (χ3n) is 6.85. The van der Waals surface area contributed by atoms with E-state index in [0.29, 0.717) is 39.0 Å². The average molecular weight is 495 g/mol. The Balaban J connectivity index is 1.60. The zero-order valence-corrected chi connectivity index (χ0v) is 22.0. The number of aliphatic hydroxyl groups is 1. The first-order valence-electron chi connectivity index (χ1n) is 13.2.